The molecule has 2 aliphatic rings. The quantitative estimate of drug-likeness (QED) is 0.854. The molecular weight excluding hydrogens is 278 g/mol. The van der Waals surface area contributed by atoms with E-state index in [1.54, 1.807) is 12.3 Å². The number of nitrogens with zero attached hydrogens (tertiary/aromatic N) is 3. The number of ether oxygens (including phenoxy) is 1. The van der Waals surface area contributed by atoms with Crippen molar-refractivity contribution in [1.82, 2.24) is 14.8 Å². The lowest BCUT2D eigenvalue weighted by molar-refractivity contribution is 0.0145. The van der Waals surface area contributed by atoms with Crippen molar-refractivity contribution in [3.63, 3.8) is 0 Å². The maximum atomic E-state index is 12.4. The monoisotopic (exact) mass is 303 g/mol. The predicted octanol–water partition coefficient (Wildman–Crippen LogP) is 1.80. The maximum Gasteiger partial charge on any atom is 0.272 e. The van der Waals surface area contributed by atoms with Gasteiger partial charge in [-0.3, -0.25) is 9.78 Å². The predicted molar refractivity (Wildman–Crippen MR) is 84.8 cm³/mol. The van der Waals surface area contributed by atoms with E-state index in [1.165, 1.54) is 0 Å². The van der Waals surface area contributed by atoms with Gasteiger partial charge in [0.25, 0.3) is 5.91 Å². The highest BCUT2D eigenvalue weighted by atomic mass is 16.5. The molecule has 120 valence electrons. The Kier molecular flexibility index (Phi) is 5.05. The summed E-state index contributed by atoms with van der Waals surface area (Å²) in [4.78, 5) is 21.1. The minimum absolute atomic E-state index is 0.0668. The summed E-state index contributed by atoms with van der Waals surface area (Å²) < 4.78 is 5.44. The molecule has 2 saturated heterocycles. The average molecular weight is 303 g/mol. The molecule has 0 aliphatic carbocycles. The first-order valence-electron chi connectivity index (χ1n) is 8.25. The van der Waals surface area contributed by atoms with E-state index in [2.05, 4.69) is 9.88 Å². The van der Waals surface area contributed by atoms with Gasteiger partial charge in [-0.2, -0.15) is 0 Å². The summed E-state index contributed by atoms with van der Waals surface area (Å²) in [5.41, 5.74) is 0.557. The van der Waals surface area contributed by atoms with Crippen LogP contribution in [-0.4, -0.2) is 66.1 Å². The van der Waals surface area contributed by atoms with Crippen LogP contribution in [0.1, 0.15) is 36.2 Å². The SMILES string of the molecule is COC1CCN(C2CCN(C(=O)c3ccccn3)CC2)CC1. The first kappa shape index (κ1) is 15.4. The van der Waals surface area contributed by atoms with Gasteiger partial charge in [-0.05, 0) is 37.8 Å². The third-order valence-corrected chi connectivity index (χ3v) is 4.96. The summed E-state index contributed by atoms with van der Waals surface area (Å²) in [5.74, 6) is 0.0668. The summed E-state index contributed by atoms with van der Waals surface area (Å²) in [6.45, 7) is 3.92. The van der Waals surface area contributed by atoms with Gasteiger partial charge in [0.05, 0.1) is 6.10 Å². The van der Waals surface area contributed by atoms with Gasteiger partial charge < -0.3 is 14.5 Å². The smallest absolute Gasteiger partial charge is 0.272 e. The van der Waals surface area contributed by atoms with Crippen LogP contribution in [0.25, 0.3) is 0 Å². The largest absolute Gasteiger partial charge is 0.381 e. The Morgan fingerprint density at radius 1 is 1.14 bits per heavy atom. The van der Waals surface area contributed by atoms with E-state index in [4.69, 9.17) is 4.74 Å². The van der Waals surface area contributed by atoms with Crippen LogP contribution in [0.5, 0.6) is 0 Å². The number of hydrogen-bond donors (Lipinski definition) is 0. The van der Waals surface area contributed by atoms with Crippen molar-refractivity contribution >= 4 is 5.91 Å². The number of likely N-dealkylation sites (tertiary alicyclic amines) is 2. The van der Waals surface area contributed by atoms with E-state index in [0.717, 1.165) is 51.9 Å². The third-order valence-electron chi connectivity index (χ3n) is 4.96. The molecule has 22 heavy (non-hydrogen) atoms. The molecule has 0 spiro atoms. The molecule has 3 rings (SSSR count). The zero-order valence-electron chi connectivity index (χ0n) is 13.3. The van der Waals surface area contributed by atoms with Crippen molar-refractivity contribution in [2.45, 2.75) is 37.8 Å². The number of rotatable bonds is 3. The standard InChI is InChI=1S/C17H25N3O2/c1-22-15-7-12-19(13-8-15)14-5-10-20(11-6-14)17(21)16-4-2-3-9-18-16/h2-4,9,14-15H,5-8,10-13H2,1H3. The molecule has 1 amide bonds. The van der Waals surface area contributed by atoms with Gasteiger partial charge in [-0.1, -0.05) is 6.07 Å². The van der Waals surface area contributed by atoms with Gasteiger partial charge in [0.15, 0.2) is 0 Å². The minimum Gasteiger partial charge on any atom is -0.381 e. The van der Waals surface area contributed by atoms with Crippen molar-refractivity contribution in [2.75, 3.05) is 33.3 Å². The second-order valence-corrected chi connectivity index (χ2v) is 6.21. The number of aromatic nitrogens is 1. The van der Waals surface area contributed by atoms with E-state index in [1.807, 2.05) is 24.1 Å². The Labute approximate surface area is 132 Å². The molecular formula is C17H25N3O2. The summed E-state index contributed by atoms with van der Waals surface area (Å²) in [6.07, 6.45) is 6.50. The van der Waals surface area contributed by atoms with Crippen LogP contribution in [0.4, 0.5) is 0 Å². The van der Waals surface area contributed by atoms with Crippen molar-refractivity contribution in [1.29, 1.82) is 0 Å². The molecule has 0 aromatic carbocycles. The lowest BCUT2D eigenvalue weighted by atomic mass is 9.98. The fourth-order valence-corrected chi connectivity index (χ4v) is 3.56. The van der Waals surface area contributed by atoms with E-state index in [-0.39, 0.29) is 5.91 Å². The van der Waals surface area contributed by atoms with Crippen LogP contribution in [-0.2, 0) is 4.74 Å². The molecule has 1 aromatic rings. The van der Waals surface area contributed by atoms with Crippen LogP contribution in [0.3, 0.4) is 0 Å². The molecule has 0 saturated carbocycles. The Bertz CT molecular complexity index is 478. The van der Waals surface area contributed by atoms with Gasteiger partial charge in [0, 0.05) is 45.5 Å². The summed E-state index contributed by atoms with van der Waals surface area (Å²) in [5, 5.41) is 0. The number of carbonyl (C=O) groups is 1. The molecule has 1 aromatic heterocycles. The highest BCUT2D eigenvalue weighted by Gasteiger charge is 2.30. The molecule has 2 fully saturated rings. The van der Waals surface area contributed by atoms with E-state index in [9.17, 15) is 4.79 Å². The molecule has 0 bridgehead atoms. The topological polar surface area (TPSA) is 45.7 Å². The van der Waals surface area contributed by atoms with Crippen LogP contribution in [0.2, 0.25) is 0 Å². The fraction of sp³-hybridized carbons (Fsp3) is 0.647. The Morgan fingerprint density at radius 2 is 1.86 bits per heavy atom. The van der Waals surface area contributed by atoms with Gasteiger partial charge in [0.2, 0.25) is 0 Å². The number of carbonyl (C=O) groups excluding carboxylic acids is 1. The lowest BCUT2D eigenvalue weighted by Gasteiger charge is -2.41. The number of methoxy groups -OCH3 is 1. The van der Waals surface area contributed by atoms with E-state index >= 15 is 0 Å². The highest BCUT2D eigenvalue weighted by Crippen LogP contribution is 2.22. The van der Waals surface area contributed by atoms with Crippen molar-refractivity contribution < 1.29 is 9.53 Å². The molecule has 2 aliphatic heterocycles. The normalized spacial score (nSPS) is 22.0. The van der Waals surface area contributed by atoms with Crippen molar-refractivity contribution in [2.24, 2.45) is 0 Å². The molecule has 3 heterocycles. The van der Waals surface area contributed by atoms with E-state index < -0.39 is 0 Å². The second kappa shape index (κ2) is 7.20. The van der Waals surface area contributed by atoms with Gasteiger partial charge in [-0.15, -0.1) is 0 Å². The number of hydrogen-bond acceptors (Lipinski definition) is 4. The van der Waals surface area contributed by atoms with Gasteiger partial charge >= 0.3 is 0 Å². The zero-order chi connectivity index (χ0) is 15.4. The number of pyridine rings is 1. The third kappa shape index (κ3) is 3.47. The first-order chi connectivity index (χ1) is 10.8. The molecule has 0 atom stereocenters. The van der Waals surface area contributed by atoms with Crippen molar-refractivity contribution in [3.05, 3.63) is 30.1 Å². The average Bonchev–Trinajstić information content (AvgIpc) is 2.62. The summed E-state index contributed by atoms with van der Waals surface area (Å²) >= 11 is 0. The molecule has 0 N–H and O–H groups in total. The van der Waals surface area contributed by atoms with E-state index in [0.29, 0.717) is 17.8 Å². The van der Waals surface area contributed by atoms with Crippen molar-refractivity contribution in [3.8, 4) is 0 Å². The second-order valence-electron chi connectivity index (χ2n) is 6.21. The molecule has 0 unspecified atom stereocenters. The van der Waals surface area contributed by atoms with Crippen LogP contribution in [0.15, 0.2) is 24.4 Å². The molecule has 0 radical (unpaired) electrons. The van der Waals surface area contributed by atoms with Gasteiger partial charge in [0.1, 0.15) is 5.69 Å². The number of amides is 1. The number of piperidine rings is 2. The minimum atomic E-state index is 0.0668. The highest BCUT2D eigenvalue weighted by molar-refractivity contribution is 5.92. The Balaban J connectivity index is 1.49. The maximum absolute atomic E-state index is 12.4. The lowest BCUT2D eigenvalue weighted by Crippen LogP contribution is -2.49. The fourth-order valence-electron chi connectivity index (χ4n) is 3.56. The van der Waals surface area contributed by atoms with Crippen LogP contribution >= 0.6 is 0 Å². The molecule has 5 heteroatoms. The Morgan fingerprint density at radius 3 is 2.45 bits per heavy atom. The zero-order valence-corrected chi connectivity index (χ0v) is 13.3. The summed E-state index contributed by atoms with van der Waals surface area (Å²) in [6, 6.07) is 6.12. The Hall–Kier alpha value is -1.46. The summed E-state index contributed by atoms with van der Waals surface area (Å²) in [7, 11) is 1.81. The molecule has 5 nitrogen and oxygen atoms in total. The van der Waals surface area contributed by atoms with Crippen LogP contribution < -0.4 is 0 Å². The first-order valence-corrected chi connectivity index (χ1v) is 8.25. The van der Waals surface area contributed by atoms with Crippen LogP contribution in [0, 0.1) is 0 Å². The van der Waals surface area contributed by atoms with Gasteiger partial charge in [-0.25, -0.2) is 0 Å².